The van der Waals surface area contributed by atoms with Gasteiger partial charge in [-0.15, -0.1) is 0 Å². The van der Waals surface area contributed by atoms with Gasteiger partial charge in [-0.05, 0) is 37.3 Å². The molecule has 5 nitrogen and oxygen atoms in total. The maximum atomic E-state index is 12.4. The number of nitrogens with one attached hydrogen (secondary N) is 2. The third-order valence-corrected chi connectivity index (χ3v) is 4.24. The van der Waals surface area contributed by atoms with E-state index in [-0.39, 0.29) is 18.1 Å². The SMILES string of the molecule is O=C(NC1CCOC1C1CC1)c1ccc2cn[nH]c2c1. The number of nitrogens with zero attached hydrogens (tertiary/aromatic N) is 1. The second kappa shape index (κ2) is 4.59. The van der Waals surface area contributed by atoms with Crippen molar-refractivity contribution >= 4 is 16.8 Å². The van der Waals surface area contributed by atoms with Gasteiger partial charge in [0.2, 0.25) is 0 Å². The Hall–Kier alpha value is -1.88. The van der Waals surface area contributed by atoms with E-state index in [1.807, 2.05) is 18.2 Å². The van der Waals surface area contributed by atoms with Crippen LogP contribution in [-0.2, 0) is 4.74 Å². The van der Waals surface area contributed by atoms with Crippen LogP contribution in [0, 0.1) is 5.92 Å². The fourth-order valence-electron chi connectivity index (χ4n) is 2.99. The molecule has 1 amide bonds. The van der Waals surface area contributed by atoms with Crippen molar-refractivity contribution in [3.8, 4) is 0 Å². The fourth-order valence-corrected chi connectivity index (χ4v) is 2.99. The van der Waals surface area contributed by atoms with Crippen molar-refractivity contribution in [2.24, 2.45) is 5.92 Å². The second-order valence-corrected chi connectivity index (χ2v) is 5.71. The molecule has 1 aromatic carbocycles. The Kier molecular flexibility index (Phi) is 2.73. The van der Waals surface area contributed by atoms with Gasteiger partial charge in [0, 0.05) is 17.6 Å². The van der Waals surface area contributed by atoms with Crippen molar-refractivity contribution in [1.82, 2.24) is 15.5 Å². The molecule has 2 N–H and O–H groups in total. The number of rotatable bonds is 3. The van der Waals surface area contributed by atoms with Crippen LogP contribution in [0.25, 0.3) is 10.9 Å². The smallest absolute Gasteiger partial charge is 0.251 e. The van der Waals surface area contributed by atoms with Gasteiger partial charge in [0.1, 0.15) is 0 Å². The Morgan fingerprint density at radius 3 is 3.10 bits per heavy atom. The minimum Gasteiger partial charge on any atom is -0.376 e. The molecule has 2 unspecified atom stereocenters. The van der Waals surface area contributed by atoms with Gasteiger partial charge in [-0.2, -0.15) is 5.10 Å². The Bertz CT molecular complexity index is 647. The predicted octanol–water partition coefficient (Wildman–Crippen LogP) is 1.86. The first-order valence-electron chi connectivity index (χ1n) is 7.17. The van der Waals surface area contributed by atoms with Crippen LogP contribution in [0.2, 0.25) is 0 Å². The average molecular weight is 271 g/mol. The molecule has 1 aliphatic heterocycles. The Morgan fingerprint density at radius 2 is 2.25 bits per heavy atom. The molecule has 20 heavy (non-hydrogen) atoms. The van der Waals surface area contributed by atoms with Gasteiger partial charge in [-0.1, -0.05) is 6.07 Å². The zero-order valence-corrected chi connectivity index (χ0v) is 11.1. The van der Waals surface area contributed by atoms with Gasteiger partial charge < -0.3 is 10.1 Å². The lowest BCUT2D eigenvalue weighted by Gasteiger charge is -2.19. The van der Waals surface area contributed by atoms with Crippen LogP contribution in [0.1, 0.15) is 29.6 Å². The highest BCUT2D eigenvalue weighted by Crippen LogP contribution is 2.38. The normalized spacial score (nSPS) is 26.0. The van der Waals surface area contributed by atoms with Crippen LogP contribution in [0.3, 0.4) is 0 Å². The molecule has 2 heterocycles. The quantitative estimate of drug-likeness (QED) is 0.895. The lowest BCUT2D eigenvalue weighted by Crippen LogP contribution is -2.41. The molecule has 104 valence electrons. The van der Waals surface area contributed by atoms with E-state index in [2.05, 4.69) is 15.5 Å². The standard InChI is InChI=1S/C15H17N3O2/c19-15(10-3-4-11-8-16-18-13(11)7-10)17-12-5-6-20-14(12)9-1-2-9/h3-4,7-9,12,14H,1-2,5-6H2,(H,16,18)(H,17,19). The van der Waals surface area contributed by atoms with E-state index in [0.717, 1.165) is 23.9 Å². The maximum Gasteiger partial charge on any atom is 0.251 e. The summed E-state index contributed by atoms with van der Waals surface area (Å²) in [6, 6.07) is 5.76. The number of amides is 1. The molecule has 2 aromatic rings. The summed E-state index contributed by atoms with van der Waals surface area (Å²) in [5, 5.41) is 11.0. The van der Waals surface area contributed by atoms with Crippen LogP contribution in [0.15, 0.2) is 24.4 Å². The molecule has 5 heteroatoms. The predicted molar refractivity (Wildman–Crippen MR) is 74.4 cm³/mol. The Morgan fingerprint density at radius 1 is 1.35 bits per heavy atom. The summed E-state index contributed by atoms with van der Waals surface area (Å²) in [5.41, 5.74) is 1.56. The highest BCUT2D eigenvalue weighted by atomic mass is 16.5. The number of hydrogen-bond acceptors (Lipinski definition) is 3. The second-order valence-electron chi connectivity index (χ2n) is 5.71. The third-order valence-electron chi connectivity index (χ3n) is 4.24. The highest BCUT2D eigenvalue weighted by Gasteiger charge is 2.41. The van der Waals surface area contributed by atoms with Crippen molar-refractivity contribution in [3.05, 3.63) is 30.0 Å². The lowest BCUT2D eigenvalue weighted by atomic mass is 10.1. The van der Waals surface area contributed by atoms with E-state index < -0.39 is 0 Å². The van der Waals surface area contributed by atoms with Crippen molar-refractivity contribution in [2.75, 3.05) is 6.61 Å². The number of aromatic nitrogens is 2. The van der Waals surface area contributed by atoms with Crippen LogP contribution >= 0.6 is 0 Å². The van der Waals surface area contributed by atoms with Gasteiger partial charge in [-0.25, -0.2) is 0 Å². The van der Waals surface area contributed by atoms with Crippen molar-refractivity contribution in [2.45, 2.75) is 31.4 Å². The zero-order valence-electron chi connectivity index (χ0n) is 11.1. The van der Waals surface area contributed by atoms with Gasteiger partial charge in [-0.3, -0.25) is 9.89 Å². The molecule has 4 rings (SSSR count). The summed E-state index contributed by atoms with van der Waals surface area (Å²) in [5.74, 6) is 0.625. The number of fused-ring (bicyclic) bond motifs is 1. The number of H-pyrrole nitrogens is 1. The van der Waals surface area contributed by atoms with Crippen molar-refractivity contribution < 1.29 is 9.53 Å². The zero-order chi connectivity index (χ0) is 13.5. The molecular weight excluding hydrogens is 254 g/mol. The molecule has 1 aliphatic carbocycles. The Labute approximate surface area is 116 Å². The van der Waals surface area contributed by atoms with E-state index in [9.17, 15) is 4.79 Å². The molecule has 1 aromatic heterocycles. The van der Waals surface area contributed by atoms with Gasteiger partial charge in [0.15, 0.2) is 0 Å². The summed E-state index contributed by atoms with van der Waals surface area (Å²) in [6.07, 6.45) is 5.35. The fraction of sp³-hybridized carbons (Fsp3) is 0.467. The molecule has 0 bridgehead atoms. The molecule has 0 radical (unpaired) electrons. The van der Waals surface area contributed by atoms with E-state index in [4.69, 9.17) is 4.74 Å². The maximum absolute atomic E-state index is 12.4. The van der Waals surface area contributed by atoms with Crippen LogP contribution in [-0.4, -0.2) is 34.9 Å². The monoisotopic (exact) mass is 271 g/mol. The summed E-state index contributed by atoms with van der Waals surface area (Å²) in [4.78, 5) is 12.4. The van der Waals surface area contributed by atoms with E-state index in [1.54, 1.807) is 6.20 Å². The van der Waals surface area contributed by atoms with Crippen LogP contribution in [0.5, 0.6) is 0 Å². The topological polar surface area (TPSA) is 67.0 Å². The number of carbonyl (C=O) groups excluding carboxylic acids is 1. The van der Waals surface area contributed by atoms with Crippen LogP contribution < -0.4 is 5.32 Å². The lowest BCUT2D eigenvalue weighted by molar-refractivity contribution is 0.0729. The average Bonchev–Trinajstić information content (AvgIpc) is 3.01. The minimum absolute atomic E-state index is 0.0253. The summed E-state index contributed by atoms with van der Waals surface area (Å²) in [7, 11) is 0. The number of ether oxygens (including phenoxy) is 1. The van der Waals surface area contributed by atoms with Gasteiger partial charge in [0.25, 0.3) is 5.91 Å². The number of hydrogen-bond donors (Lipinski definition) is 2. The molecular formula is C15H17N3O2. The minimum atomic E-state index is -0.0253. The summed E-state index contributed by atoms with van der Waals surface area (Å²) in [6.45, 7) is 0.756. The molecule has 2 atom stereocenters. The number of carbonyl (C=O) groups is 1. The van der Waals surface area contributed by atoms with Gasteiger partial charge >= 0.3 is 0 Å². The molecule has 2 fully saturated rings. The molecule has 1 saturated heterocycles. The summed E-state index contributed by atoms with van der Waals surface area (Å²) < 4.78 is 5.75. The first kappa shape index (κ1) is 11.9. The number of aromatic amines is 1. The summed E-state index contributed by atoms with van der Waals surface area (Å²) >= 11 is 0. The first-order chi connectivity index (χ1) is 9.81. The molecule has 2 aliphatic rings. The van der Waals surface area contributed by atoms with E-state index in [0.29, 0.717) is 11.5 Å². The first-order valence-corrected chi connectivity index (χ1v) is 7.17. The molecule has 1 saturated carbocycles. The van der Waals surface area contributed by atoms with Gasteiger partial charge in [0.05, 0.1) is 23.9 Å². The Balaban J connectivity index is 1.51. The van der Waals surface area contributed by atoms with E-state index >= 15 is 0 Å². The van der Waals surface area contributed by atoms with Crippen LogP contribution in [0.4, 0.5) is 0 Å². The van der Waals surface area contributed by atoms with Crippen molar-refractivity contribution in [1.29, 1.82) is 0 Å². The number of benzene rings is 1. The van der Waals surface area contributed by atoms with E-state index in [1.165, 1.54) is 12.8 Å². The molecule has 0 spiro atoms. The third kappa shape index (κ3) is 2.08. The largest absolute Gasteiger partial charge is 0.376 e. The van der Waals surface area contributed by atoms with Crippen molar-refractivity contribution in [3.63, 3.8) is 0 Å². The highest BCUT2D eigenvalue weighted by molar-refractivity contribution is 5.97.